The van der Waals surface area contributed by atoms with Gasteiger partial charge in [0.1, 0.15) is 17.7 Å². The second kappa shape index (κ2) is 9.18. The highest BCUT2D eigenvalue weighted by molar-refractivity contribution is 8.14. The first-order valence-electron chi connectivity index (χ1n) is 7.94. The minimum absolute atomic E-state index is 0.0596. The number of aryl methyl sites for hydroxylation is 1. The van der Waals surface area contributed by atoms with Crippen molar-refractivity contribution in [2.24, 2.45) is 4.40 Å². The minimum Gasteiger partial charge on any atom is -0.199 e. The number of hydrogen-bond acceptors (Lipinski definition) is 5. The van der Waals surface area contributed by atoms with E-state index in [1.807, 2.05) is 25.1 Å². The van der Waals surface area contributed by atoms with Gasteiger partial charge in [0.25, 0.3) is 10.0 Å². The summed E-state index contributed by atoms with van der Waals surface area (Å²) in [5, 5.41) is 18.9. The van der Waals surface area contributed by atoms with Gasteiger partial charge in [0.15, 0.2) is 0 Å². The number of rotatable bonds is 5. The average molecular weight is 396 g/mol. The summed E-state index contributed by atoms with van der Waals surface area (Å²) in [6.45, 7) is 1.87. The number of benzene rings is 2. The van der Waals surface area contributed by atoms with Gasteiger partial charge in [-0.2, -0.15) is 23.3 Å². The van der Waals surface area contributed by atoms with Crippen LogP contribution in [0.3, 0.4) is 0 Å². The molecular weight excluding hydrogens is 378 g/mol. The highest BCUT2D eigenvalue weighted by Gasteiger charge is 2.17. The van der Waals surface area contributed by atoms with Gasteiger partial charge in [-0.05, 0) is 36.4 Å². The van der Waals surface area contributed by atoms with Crippen molar-refractivity contribution in [1.29, 1.82) is 10.5 Å². The molecule has 0 fully saturated rings. The first kappa shape index (κ1) is 20.4. The molecule has 0 N–H and O–H groups in total. The van der Waals surface area contributed by atoms with Crippen LogP contribution in [-0.2, 0) is 10.0 Å². The highest BCUT2D eigenvalue weighted by Crippen LogP contribution is 2.26. The molecule has 7 heteroatoms. The molecule has 0 bridgehead atoms. The second-order valence-electron chi connectivity index (χ2n) is 5.60. The van der Waals surface area contributed by atoms with Gasteiger partial charge < -0.3 is 0 Å². The van der Waals surface area contributed by atoms with E-state index in [0.717, 1.165) is 5.56 Å². The van der Waals surface area contributed by atoms with E-state index in [4.69, 9.17) is 0 Å². The molecule has 0 unspecified atom stereocenters. The van der Waals surface area contributed by atoms with Crippen molar-refractivity contribution < 1.29 is 8.42 Å². The van der Waals surface area contributed by atoms with Crippen LogP contribution in [-0.4, -0.2) is 19.7 Å². The zero-order valence-electron chi connectivity index (χ0n) is 14.9. The maximum atomic E-state index is 12.6. The molecular formula is C20H17N3O2S2. The molecule has 136 valence electrons. The van der Waals surface area contributed by atoms with Crippen molar-refractivity contribution in [3.05, 3.63) is 71.3 Å². The van der Waals surface area contributed by atoms with Crippen LogP contribution in [0.1, 0.15) is 17.5 Å². The van der Waals surface area contributed by atoms with Crippen LogP contribution in [0, 0.1) is 29.6 Å². The van der Waals surface area contributed by atoms with Gasteiger partial charge in [0.05, 0.1) is 9.94 Å². The maximum absolute atomic E-state index is 12.6. The summed E-state index contributed by atoms with van der Waals surface area (Å²) in [6, 6.07) is 19.2. The lowest BCUT2D eigenvalue weighted by Crippen LogP contribution is -2.04. The Hall–Kier alpha value is -2.87. The van der Waals surface area contributed by atoms with Crippen LogP contribution in [0.15, 0.2) is 69.5 Å². The van der Waals surface area contributed by atoms with Crippen LogP contribution in [0.4, 0.5) is 0 Å². The number of hydrogen-bond donors (Lipinski definition) is 0. The van der Waals surface area contributed by atoms with Crippen molar-refractivity contribution >= 4 is 32.4 Å². The van der Waals surface area contributed by atoms with E-state index in [1.165, 1.54) is 23.9 Å². The van der Waals surface area contributed by atoms with Gasteiger partial charge in [0.2, 0.25) is 0 Å². The molecule has 0 atom stereocenters. The Balaban J connectivity index is 2.48. The van der Waals surface area contributed by atoms with Crippen LogP contribution < -0.4 is 0 Å². The molecule has 0 saturated heterocycles. The number of allylic oxidation sites excluding steroid dienone is 2. The van der Waals surface area contributed by atoms with Crippen LogP contribution >= 0.6 is 11.8 Å². The topological polar surface area (TPSA) is 94.1 Å². The second-order valence-corrected chi connectivity index (χ2v) is 8.08. The number of thioether (sulfide) groups is 1. The zero-order valence-corrected chi connectivity index (χ0v) is 16.5. The van der Waals surface area contributed by atoms with E-state index in [9.17, 15) is 18.9 Å². The van der Waals surface area contributed by atoms with Crippen LogP contribution in [0.5, 0.6) is 0 Å². The first-order valence-corrected chi connectivity index (χ1v) is 10.6. The normalized spacial score (nSPS) is 11.3. The van der Waals surface area contributed by atoms with Gasteiger partial charge in [-0.15, -0.1) is 11.8 Å². The fourth-order valence-corrected chi connectivity index (χ4v) is 4.12. The lowest BCUT2D eigenvalue weighted by Gasteiger charge is -2.10. The first-order chi connectivity index (χ1) is 12.9. The van der Waals surface area contributed by atoms with Gasteiger partial charge in [-0.25, -0.2) is 0 Å². The molecule has 0 aliphatic rings. The van der Waals surface area contributed by atoms with Crippen molar-refractivity contribution in [1.82, 2.24) is 0 Å². The molecule has 2 aromatic rings. The van der Waals surface area contributed by atoms with Crippen molar-refractivity contribution in [3.8, 4) is 12.1 Å². The Bertz CT molecular complexity index is 1040. The predicted octanol–water partition coefficient (Wildman–Crippen LogP) is 4.34. The maximum Gasteiger partial charge on any atom is 0.283 e. The Labute approximate surface area is 163 Å². The molecule has 0 aliphatic carbocycles. The fraction of sp³-hybridized carbons (Fsp3) is 0.150. The quantitative estimate of drug-likeness (QED) is 0.426. The van der Waals surface area contributed by atoms with Gasteiger partial charge in [-0.1, -0.05) is 48.0 Å². The summed E-state index contributed by atoms with van der Waals surface area (Å²) >= 11 is 1.17. The van der Waals surface area contributed by atoms with Crippen LogP contribution in [0.2, 0.25) is 0 Å². The van der Waals surface area contributed by atoms with Gasteiger partial charge in [-0.3, -0.25) is 0 Å². The summed E-state index contributed by atoms with van der Waals surface area (Å²) in [5.74, 6) is 0. The van der Waals surface area contributed by atoms with Gasteiger partial charge in [0, 0.05) is 6.42 Å². The number of nitrogens with zero attached hydrogens (tertiary/aromatic N) is 3. The lowest BCUT2D eigenvalue weighted by atomic mass is 9.98. The Morgan fingerprint density at radius 1 is 1.04 bits per heavy atom. The molecule has 0 aromatic heterocycles. The van der Waals surface area contributed by atoms with E-state index in [2.05, 4.69) is 4.40 Å². The van der Waals surface area contributed by atoms with E-state index in [0.29, 0.717) is 16.2 Å². The smallest absolute Gasteiger partial charge is 0.199 e. The highest BCUT2D eigenvalue weighted by atomic mass is 32.2. The fourth-order valence-electron chi connectivity index (χ4n) is 2.32. The van der Waals surface area contributed by atoms with Crippen molar-refractivity contribution in [2.45, 2.75) is 18.2 Å². The third-order valence-corrected chi connectivity index (χ3v) is 5.90. The van der Waals surface area contributed by atoms with Crippen molar-refractivity contribution in [3.63, 3.8) is 0 Å². The SMILES string of the molecule is CSC(CC(=C(C#N)C#N)c1ccccc1)=NS(=O)(=O)c1ccc(C)cc1. The Morgan fingerprint density at radius 3 is 2.15 bits per heavy atom. The molecule has 0 heterocycles. The summed E-state index contributed by atoms with van der Waals surface area (Å²) in [5.41, 5.74) is 2.03. The van der Waals surface area contributed by atoms with E-state index in [1.54, 1.807) is 42.7 Å². The third kappa shape index (κ3) is 5.30. The van der Waals surface area contributed by atoms with Crippen molar-refractivity contribution in [2.75, 3.05) is 6.26 Å². The molecule has 0 aliphatic heterocycles. The molecule has 0 spiro atoms. The largest absolute Gasteiger partial charge is 0.283 e. The van der Waals surface area contributed by atoms with E-state index < -0.39 is 10.0 Å². The molecule has 2 rings (SSSR count). The van der Waals surface area contributed by atoms with Gasteiger partial charge >= 0.3 is 0 Å². The lowest BCUT2D eigenvalue weighted by molar-refractivity contribution is 0.598. The summed E-state index contributed by atoms with van der Waals surface area (Å²) in [6.07, 6.45) is 1.79. The molecule has 0 amide bonds. The van der Waals surface area contributed by atoms with E-state index >= 15 is 0 Å². The summed E-state index contributed by atoms with van der Waals surface area (Å²) in [7, 11) is -3.88. The number of sulfonamides is 1. The van der Waals surface area contributed by atoms with Crippen LogP contribution in [0.25, 0.3) is 5.57 Å². The molecule has 5 nitrogen and oxygen atoms in total. The summed E-state index contributed by atoms with van der Waals surface area (Å²) < 4.78 is 29.1. The van der Waals surface area contributed by atoms with E-state index in [-0.39, 0.29) is 16.9 Å². The predicted molar refractivity (Wildman–Crippen MR) is 109 cm³/mol. The minimum atomic E-state index is -3.88. The average Bonchev–Trinajstić information content (AvgIpc) is 2.68. The standard InChI is InChI=1S/C20H17N3O2S2/c1-15-8-10-18(11-9-15)27(24,25)23-20(26-2)12-19(17(13-21)14-22)16-6-4-3-5-7-16/h3-11H,12H2,1-2H3. The monoisotopic (exact) mass is 395 g/mol. The molecule has 2 aromatic carbocycles. The molecule has 0 saturated carbocycles. The Kier molecular flexibility index (Phi) is 6.95. The zero-order chi connectivity index (χ0) is 19.9. The Morgan fingerprint density at radius 2 is 1.63 bits per heavy atom. The third-order valence-electron chi connectivity index (χ3n) is 3.75. The molecule has 0 radical (unpaired) electrons. The molecule has 27 heavy (non-hydrogen) atoms. The number of nitriles is 2. The summed E-state index contributed by atoms with van der Waals surface area (Å²) in [4.78, 5) is 0.102.